The van der Waals surface area contributed by atoms with Crippen LogP contribution in [0.15, 0.2) is 41.2 Å². The third kappa shape index (κ3) is 3.48. The van der Waals surface area contributed by atoms with Crippen molar-refractivity contribution in [2.75, 3.05) is 29.6 Å². The topological polar surface area (TPSA) is 112 Å². The van der Waals surface area contributed by atoms with E-state index in [9.17, 15) is 9.59 Å². The van der Waals surface area contributed by atoms with Crippen molar-refractivity contribution in [3.05, 3.63) is 47.8 Å². The molecule has 158 valence electrons. The highest BCUT2D eigenvalue weighted by molar-refractivity contribution is 6.02. The zero-order valence-corrected chi connectivity index (χ0v) is 16.7. The van der Waals surface area contributed by atoms with Gasteiger partial charge in [0, 0.05) is 54.0 Å². The minimum atomic E-state index is -2.66. The zero-order chi connectivity index (χ0) is 24.0. The molecule has 3 N–H and O–H groups in total. The molecule has 1 fully saturated rings. The number of aromatic nitrogens is 2. The summed E-state index contributed by atoms with van der Waals surface area (Å²) >= 11 is 0. The molecule has 3 aromatic rings. The van der Waals surface area contributed by atoms with Gasteiger partial charge in [0.15, 0.2) is 5.76 Å². The van der Waals surface area contributed by atoms with E-state index in [0.717, 1.165) is 29.7 Å². The molecule has 0 bridgehead atoms. The number of nitrogens with zero attached hydrogens (tertiary/aromatic N) is 3. The molecule has 0 unspecified atom stereocenters. The fourth-order valence-corrected chi connectivity index (χ4v) is 3.76. The maximum atomic E-state index is 12.7. The lowest BCUT2D eigenvalue weighted by atomic mass is 10.00. The van der Waals surface area contributed by atoms with Crippen LogP contribution < -0.4 is 20.9 Å². The second kappa shape index (κ2) is 7.42. The second-order valence-electron chi connectivity index (χ2n) is 7.70. The van der Waals surface area contributed by atoms with Gasteiger partial charge in [-0.05, 0) is 25.0 Å². The van der Waals surface area contributed by atoms with Crippen LogP contribution in [0.2, 0.25) is 0 Å². The van der Waals surface area contributed by atoms with E-state index >= 15 is 0 Å². The molecule has 0 saturated heterocycles. The van der Waals surface area contributed by atoms with Crippen LogP contribution in [-0.2, 0) is 11.3 Å². The van der Waals surface area contributed by atoms with Crippen molar-refractivity contribution in [1.29, 1.82) is 0 Å². The number of fused-ring (bicyclic) bond motifs is 3. The summed E-state index contributed by atoms with van der Waals surface area (Å²) in [5.74, 6) is -0.0362. The summed E-state index contributed by atoms with van der Waals surface area (Å²) in [5, 5.41) is 11.9. The van der Waals surface area contributed by atoms with E-state index in [0.29, 0.717) is 23.7 Å². The molecule has 0 spiro atoms. The van der Waals surface area contributed by atoms with Gasteiger partial charge in [0.1, 0.15) is 5.82 Å². The van der Waals surface area contributed by atoms with Crippen molar-refractivity contribution in [3.8, 4) is 11.3 Å². The Bertz CT molecular complexity index is 1290. The molecule has 0 atom stereocenters. The molecule has 9 heteroatoms. The highest BCUT2D eigenvalue weighted by Gasteiger charge is 2.30. The number of nitrogens with one attached hydrogen (secondary N) is 3. The first kappa shape index (κ1) is 15.9. The van der Waals surface area contributed by atoms with Crippen LogP contribution in [0.3, 0.4) is 0 Å². The molecule has 2 aromatic heterocycles. The number of para-hydroxylation sites is 1. The first-order valence-electron chi connectivity index (χ1n) is 11.4. The number of carbonyl (C=O) groups is 2. The van der Waals surface area contributed by atoms with Gasteiger partial charge in [-0.3, -0.25) is 9.59 Å². The maximum absolute atomic E-state index is 12.7. The van der Waals surface area contributed by atoms with E-state index in [-0.39, 0.29) is 23.2 Å². The third-order valence-corrected chi connectivity index (χ3v) is 5.44. The van der Waals surface area contributed by atoms with Crippen LogP contribution in [0.4, 0.5) is 22.9 Å². The van der Waals surface area contributed by atoms with Crippen molar-refractivity contribution in [1.82, 2.24) is 15.5 Å². The van der Waals surface area contributed by atoms with Crippen molar-refractivity contribution < 1.29 is 18.2 Å². The largest absolute Gasteiger partial charge is 0.368 e. The smallest absolute Gasteiger partial charge is 0.254 e. The first-order chi connectivity index (χ1) is 16.2. The molecule has 2 amide bonds. The van der Waals surface area contributed by atoms with E-state index in [1.54, 1.807) is 6.20 Å². The number of benzene rings is 1. The number of amides is 2. The average Bonchev–Trinajstić information content (AvgIpc) is 3.51. The Balaban J connectivity index is 1.54. The third-order valence-electron chi connectivity index (χ3n) is 5.44. The van der Waals surface area contributed by atoms with E-state index in [1.165, 1.54) is 12.3 Å². The van der Waals surface area contributed by atoms with Gasteiger partial charge in [-0.25, -0.2) is 4.98 Å². The predicted octanol–water partition coefficient (Wildman–Crippen LogP) is 3.14. The highest BCUT2D eigenvalue weighted by Crippen LogP contribution is 2.44. The van der Waals surface area contributed by atoms with E-state index in [1.807, 2.05) is 35.5 Å². The molecular weight excluding hydrogens is 396 g/mol. The lowest BCUT2D eigenvalue weighted by Gasteiger charge is -2.29. The van der Waals surface area contributed by atoms with Crippen molar-refractivity contribution in [2.45, 2.75) is 19.4 Å². The normalized spacial score (nSPS) is 16.3. The summed E-state index contributed by atoms with van der Waals surface area (Å²) < 4.78 is 27.6. The number of rotatable bonds is 5. The second-order valence-corrected chi connectivity index (χ2v) is 7.70. The van der Waals surface area contributed by atoms with E-state index < -0.39 is 12.9 Å². The monoisotopic (exact) mass is 421 g/mol. The van der Waals surface area contributed by atoms with Crippen molar-refractivity contribution >= 4 is 34.7 Å². The molecule has 3 heterocycles. The van der Waals surface area contributed by atoms with Gasteiger partial charge in [-0.15, -0.1) is 0 Å². The van der Waals surface area contributed by atoms with Crippen LogP contribution in [0.25, 0.3) is 11.3 Å². The summed E-state index contributed by atoms with van der Waals surface area (Å²) in [5.41, 5.74) is 3.60. The Labute approximate surface area is 183 Å². The molecule has 31 heavy (non-hydrogen) atoms. The predicted molar refractivity (Wildman–Crippen MR) is 116 cm³/mol. The Hall–Kier alpha value is -3.88. The molecule has 1 aromatic carbocycles. The average molecular weight is 421 g/mol. The minimum Gasteiger partial charge on any atom is -0.368 e. The Morgan fingerprint density at radius 3 is 2.94 bits per heavy atom. The van der Waals surface area contributed by atoms with Crippen LogP contribution >= 0.6 is 0 Å². The van der Waals surface area contributed by atoms with Crippen LogP contribution in [0, 0.1) is 5.92 Å². The first-order valence-corrected chi connectivity index (χ1v) is 9.88. The Kier molecular flexibility index (Phi) is 3.81. The van der Waals surface area contributed by atoms with Gasteiger partial charge in [0.25, 0.3) is 5.91 Å². The molecule has 5 rings (SSSR count). The summed E-state index contributed by atoms with van der Waals surface area (Å²) in [6.45, 7) is -2.09. The number of hydrogen-bond donors (Lipinski definition) is 3. The molecular formula is C22H22N6O3. The van der Waals surface area contributed by atoms with Gasteiger partial charge in [0.05, 0.1) is 28.8 Å². The Morgan fingerprint density at radius 1 is 1.26 bits per heavy atom. The van der Waals surface area contributed by atoms with Crippen LogP contribution in [-0.4, -0.2) is 36.0 Å². The summed E-state index contributed by atoms with van der Waals surface area (Å²) in [6, 6.07) is 7.11. The van der Waals surface area contributed by atoms with Gasteiger partial charge in [-0.1, -0.05) is 11.2 Å². The standard InChI is InChI=1S/C22H22N6O3/c1-23-22(30)15-10-24-18(27-21(29)12-6-7-12)8-17(15)26-16-5-3-4-14-19(16)28(2)11-13-9-25-31-20(13)14/h3-5,8-10,12H,6-7,11H2,1-2H3,(H,23,30)(H2,24,26,27,29)/i1D3. The Morgan fingerprint density at radius 2 is 2.13 bits per heavy atom. The maximum Gasteiger partial charge on any atom is 0.254 e. The zero-order valence-electron chi connectivity index (χ0n) is 19.7. The van der Waals surface area contributed by atoms with Gasteiger partial charge >= 0.3 is 0 Å². The fraction of sp³-hybridized carbons (Fsp3) is 0.273. The van der Waals surface area contributed by atoms with Gasteiger partial charge in [0.2, 0.25) is 5.91 Å². The van der Waals surface area contributed by atoms with Crippen molar-refractivity contribution in [2.24, 2.45) is 5.92 Å². The van der Waals surface area contributed by atoms with Gasteiger partial charge in [-0.2, -0.15) is 0 Å². The van der Waals surface area contributed by atoms with E-state index in [4.69, 9.17) is 8.64 Å². The number of hydrogen-bond acceptors (Lipinski definition) is 7. The lowest BCUT2D eigenvalue weighted by molar-refractivity contribution is -0.117. The van der Waals surface area contributed by atoms with E-state index in [2.05, 4.69) is 20.8 Å². The molecule has 1 saturated carbocycles. The molecule has 0 radical (unpaired) electrons. The molecule has 1 aliphatic heterocycles. The summed E-state index contributed by atoms with van der Waals surface area (Å²) in [7, 11) is 1.93. The van der Waals surface area contributed by atoms with Crippen LogP contribution in [0.1, 0.15) is 32.9 Å². The SMILES string of the molecule is [2H]C([2H])([2H])NC(=O)c1cnc(NC(=O)C2CC2)cc1Nc1cccc2c1N(C)Cc1cnoc1-2. The minimum absolute atomic E-state index is 0.0250. The van der Waals surface area contributed by atoms with Crippen LogP contribution in [0.5, 0.6) is 0 Å². The van der Waals surface area contributed by atoms with Crippen molar-refractivity contribution in [3.63, 3.8) is 0 Å². The molecule has 9 nitrogen and oxygen atoms in total. The number of pyridine rings is 1. The summed E-state index contributed by atoms with van der Waals surface area (Å²) in [6.07, 6.45) is 4.60. The fourth-order valence-electron chi connectivity index (χ4n) is 3.76. The number of anilines is 4. The number of carbonyl (C=O) groups excluding carboxylic acids is 2. The summed E-state index contributed by atoms with van der Waals surface area (Å²) in [4.78, 5) is 31.1. The van der Waals surface area contributed by atoms with Gasteiger partial charge < -0.3 is 25.4 Å². The highest BCUT2D eigenvalue weighted by atomic mass is 16.5. The quantitative estimate of drug-likeness (QED) is 0.580. The molecule has 2 aliphatic rings. The lowest BCUT2D eigenvalue weighted by Crippen LogP contribution is -2.23. The molecule has 1 aliphatic carbocycles.